The van der Waals surface area contributed by atoms with Crippen molar-refractivity contribution in [3.05, 3.63) is 29.8 Å². The van der Waals surface area contributed by atoms with Crippen molar-refractivity contribution in [3.63, 3.8) is 0 Å². The molecule has 4 nitrogen and oxygen atoms in total. The molecular formula is C24H38N2O2. The Hall–Kier alpha value is -1.10. The second kappa shape index (κ2) is 9.60. The maximum absolute atomic E-state index is 6.02. The fraction of sp³-hybridized carbons (Fsp3) is 0.750. The highest BCUT2D eigenvalue weighted by Crippen LogP contribution is 2.52. The number of likely N-dealkylation sites (tertiary alicyclic amines) is 2. The lowest BCUT2D eigenvalue weighted by molar-refractivity contribution is 0.0967. The number of fused-ring (bicyclic) bond motifs is 1. The van der Waals surface area contributed by atoms with Gasteiger partial charge in [0.25, 0.3) is 0 Å². The highest BCUT2D eigenvalue weighted by molar-refractivity contribution is 5.27. The number of piperidine rings is 2. The zero-order chi connectivity index (χ0) is 19.3. The van der Waals surface area contributed by atoms with Crippen LogP contribution in [-0.4, -0.2) is 61.8 Å². The Labute approximate surface area is 171 Å². The molecule has 0 spiro atoms. The Bertz CT molecular complexity index is 585. The monoisotopic (exact) mass is 386 g/mol. The topological polar surface area (TPSA) is 24.9 Å². The van der Waals surface area contributed by atoms with Gasteiger partial charge in [-0.25, -0.2) is 0 Å². The normalized spacial score (nSPS) is 27.9. The van der Waals surface area contributed by atoms with Crippen molar-refractivity contribution in [2.75, 3.05) is 45.9 Å². The minimum atomic E-state index is 0.237. The maximum atomic E-state index is 6.02. The molecule has 1 aromatic rings. The highest BCUT2D eigenvalue weighted by atomic mass is 16.5. The molecule has 3 atom stereocenters. The first-order chi connectivity index (χ1) is 13.7. The zero-order valence-corrected chi connectivity index (χ0v) is 17.8. The molecule has 0 aromatic heterocycles. The molecule has 0 N–H and O–H groups in total. The van der Waals surface area contributed by atoms with Gasteiger partial charge in [0, 0.05) is 32.8 Å². The second-order valence-electron chi connectivity index (χ2n) is 9.33. The van der Waals surface area contributed by atoms with Gasteiger partial charge >= 0.3 is 0 Å². The molecule has 3 aliphatic rings. The van der Waals surface area contributed by atoms with Gasteiger partial charge in [-0.2, -0.15) is 0 Å². The van der Waals surface area contributed by atoms with Crippen LogP contribution in [0.5, 0.6) is 5.75 Å². The Morgan fingerprint density at radius 3 is 2.36 bits per heavy atom. The molecule has 0 bridgehead atoms. The van der Waals surface area contributed by atoms with Crippen molar-refractivity contribution in [1.82, 2.24) is 9.80 Å². The third-order valence-electron chi connectivity index (χ3n) is 6.67. The van der Waals surface area contributed by atoms with E-state index in [-0.39, 0.29) is 6.10 Å². The number of benzene rings is 1. The summed E-state index contributed by atoms with van der Waals surface area (Å²) >= 11 is 0. The third kappa shape index (κ3) is 5.49. The summed E-state index contributed by atoms with van der Waals surface area (Å²) in [7, 11) is 0. The predicted octanol–water partition coefficient (Wildman–Crippen LogP) is 4.04. The molecule has 0 amide bonds. The molecule has 2 saturated heterocycles. The van der Waals surface area contributed by atoms with Gasteiger partial charge in [-0.05, 0) is 81.6 Å². The average molecular weight is 387 g/mol. The number of rotatable bonds is 10. The van der Waals surface area contributed by atoms with Crippen LogP contribution in [0.2, 0.25) is 0 Å². The molecular weight excluding hydrogens is 348 g/mol. The fourth-order valence-electron chi connectivity index (χ4n) is 5.11. The van der Waals surface area contributed by atoms with Crippen LogP contribution in [0.1, 0.15) is 45.1 Å². The standard InChI is InChI=1S/C24H38N2O2/c1-19(2)28-21-9-7-20(8-10-21)15-26-16-22-23(17-26)24(22)18-27-14-6-13-25-11-4-3-5-12-25/h7-10,19,22-24H,3-6,11-18H2,1-2H3/t22-,23+,24+. The van der Waals surface area contributed by atoms with Gasteiger partial charge in [0.1, 0.15) is 5.75 Å². The molecule has 4 heteroatoms. The summed E-state index contributed by atoms with van der Waals surface area (Å²) in [5.74, 6) is 3.56. The number of hydrogen-bond donors (Lipinski definition) is 0. The van der Waals surface area contributed by atoms with Gasteiger partial charge in [-0.3, -0.25) is 4.90 Å². The molecule has 3 fully saturated rings. The van der Waals surface area contributed by atoms with Crippen molar-refractivity contribution in [3.8, 4) is 5.75 Å². The molecule has 0 unspecified atom stereocenters. The van der Waals surface area contributed by atoms with Gasteiger partial charge in [0.2, 0.25) is 0 Å². The minimum absolute atomic E-state index is 0.237. The zero-order valence-electron chi connectivity index (χ0n) is 17.8. The van der Waals surface area contributed by atoms with E-state index in [4.69, 9.17) is 9.47 Å². The lowest BCUT2D eigenvalue weighted by atomic mass is 10.1. The predicted molar refractivity (Wildman–Crippen MR) is 114 cm³/mol. The van der Waals surface area contributed by atoms with E-state index in [9.17, 15) is 0 Å². The largest absolute Gasteiger partial charge is 0.491 e. The van der Waals surface area contributed by atoms with Crippen molar-refractivity contribution in [1.29, 1.82) is 0 Å². The van der Waals surface area contributed by atoms with E-state index in [1.165, 1.54) is 64.0 Å². The van der Waals surface area contributed by atoms with Crippen LogP contribution in [0.25, 0.3) is 0 Å². The molecule has 2 aliphatic heterocycles. The van der Waals surface area contributed by atoms with E-state index in [0.29, 0.717) is 0 Å². The van der Waals surface area contributed by atoms with E-state index < -0.39 is 0 Å². The summed E-state index contributed by atoms with van der Waals surface area (Å²) in [6, 6.07) is 8.63. The van der Waals surface area contributed by atoms with E-state index in [0.717, 1.165) is 43.3 Å². The van der Waals surface area contributed by atoms with Gasteiger partial charge < -0.3 is 14.4 Å². The Morgan fingerprint density at radius 2 is 1.68 bits per heavy atom. The van der Waals surface area contributed by atoms with E-state index in [1.807, 2.05) is 0 Å². The summed E-state index contributed by atoms with van der Waals surface area (Å²) in [5.41, 5.74) is 1.39. The molecule has 28 heavy (non-hydrogen) atoms. The van der Waals surface area contributed by atoms with Crippen molar-refractivity contribution < 1.29 is 9.47 Å². The lowest BCUT2D eigenvalue weighted by Gasteiger charge is -2.26. The van der Waals surface area contributed by atoms with Crippen molar-refractivity contribution >= 4 is 0 Å². The quantitative estimate of drug-likeness (QED) is 0.567. The molecule has 4 rings (SSSR count). The summed E-state index contributed by atoms with van der Waals surface area (Å²) in [6.07, 6.45) is 5.63. The van der Waals surface area contributed by atoms with E-state index >= 15 is 0 Å². The first kappa shape index (κ1) is 20.2. The molecule has 1 aliphatic carbocycles. The van der Waals surface area contributed by atoms with Crippen LogP contribution in [0.3, 0.4) is 0 Å². The summed E-state index contributed by atoms with van der Waals surface area (Å²) < 4.78 is 11.8. The van der Waals surface area contributed by atoms with Gasteiger partial charge in [-0.15, -0.1) is 0 Å². The Kier molecular flexibility index (Phi) is 6.92. The van der Waals surface area contributed by atoms with Crippen LogP contribution >= 0.6 is 0 Å². The summed E-state index contributed by atoms with van der Waals surface area (Å²) in [6.45, 7) is 13.5. The second-order valence-corrected chi connectivity index (χ2v) is 9.33. The smallest absolute Gasteiger partial charge is 0.119 e. The Morgan fingerprint density at radius 1 is 0.964 bits per heavy atom. The number of nitrogens with zero attached hydrogens (tertiary/aromatic N) is 2. The lowest BCUT2D eigenvalue weighted by Crippen LogP contribution is -2.31. The molecule has 2 heterocycles. The van der Waals surface area contributed by atoms with Crippen molar-refractivity contribution in [2.45, 2.75) is 52.2 Å². The van der Waals surface area contributed by atoms with Gasteiger partial charge in [0.15, 0.2) is 0 Å². The fourth-order valence-corrected chi connectivity index (χ4v) is 5.11. The van der Waals surface area contributed by atoms with Crippen LogP contribution in [0, 0.1) is 17.8 Å². The Balaban J connectivity index is 1.08. The third-order valence-corrected chi connectivity index (χ3v) is 6.67. The van der Waals surface area contributed by atoms with Gasteiger partial charge in [0.05, 0.1) is 12.7 Å². The minimum Gasteiger partial charge on any atom is -0.491 e. The maximum Gasteiger partial charge on any atom is 0.119 e. The summed E-state index contributed by atoms with van der Waals surface area (Å²) in [5, 5.41) is 0. The molecule has 1 aromatic carbocycles. The van der Waals surface area contributed by atoms with Gasteiger partial charge in [-0.1, -0.05) is 18.6 Å². The highest BCUT2D eigenvalue weighted by Gasteiger charge is 2.55. The van der Waals surface area contributed by atoms with Crippen molar-refractivity contribution in [2.24, 2.45) is 17.8 Å². The average Bonchev–Trinajstić information content (AvgIpc) is 3.14. The SMILES string of the molecule is CC(C)Oc1ccc(CN2C[C@@H]3[C@@H](COCCCN4CCCCC4)[C@@H]3C2)cc1. The van der Waals surface area contributed by atoms with Crippen LogP contribution < -0.4 is 4.74 Å². The first-order valence-corrected chi connectivity index (χ1v) is 11.5. The number of ether oxygens (including phenoxy) is 2. The molecule has 0 radical (unpaired) electrons. The van der Waals surface area contributed by atoms with Crippen LogP contribution in [-0.2, 0) is 11.3 Å². The van der Waals surface area contributed by atoms with E-state index in [1.54, 1.807) is 0 Å². The molecule has 1 saturated carbocycles. The van der Waals surface area contributed by atoms with Crippen LogP contribution in [0.15, 0.2) is 24.3 Å². The van der Waals surface area contributed by atoms with E-state index in [2.05, 4.69) is 47.9 Å². The molecule has 156 valence electrons. The number of hydrogen-bond acceptors (Lipinski definition) is 4. The van der Waals surface area contributed by atoms with Crippen LogP contribution in [0.4, 0.5) is 0 Å². The first-order valence-electron chi connectivity index (χ1n) is 11.5. The summed E-state index contributed by atoms with van der Waals surface area (Å²) in [4.78, 5) is 5.22.